The summed E-state index contributed by atoms with van der Waals surface area (Å²) in [5.41, 5.74) is -1.43. The number of alkyl halides is 2. The van der Waals surface area contributed by atoms with E-state index in [0.29, 0.717) is 12.1 Å². The summed E-state index contributed by atoms with van der Waals surface area (Å²) in [6.45, 7) is 0.790. The Morgan fingerprint density at radius 1 is 1.16 bits per heavy atom. The number of esters is 1. The van der Waals surface area contributed by atoms with Crippen LogP contribution in [0.5, 0.6) is 0 Å². The van der Waals surface area contributed by atoms with Crippen LogP contribution >= 0.6 is 0 Å². The van der Waals surface area contributed by atoms with Crippen LogP contribution < -0.4 is 0 Å². The van der Waals surface area contributed by atoms with Crippen molar-refractivity contribution in [1.82, 2.24) is 0 Å². The first-order chi connectivity index (χ1) is 8.73. The molecule has 0 aliphatic carbocycles. The molecule has 0 N–H and O–H groups in total. The average Bonchev–Trinajstić information content (AvgIpc) is 2.35. The summed E-state index contributed by atoms with van der Waals surface area (Å²) in [5, 5.41) is 0. The van der Waals surface area contributed by atoms with E-state index >= 15 is 0 Å². The van der Waals surface area contributed by atoms with Crippen molar-refractivity contribution in [3.63, 3.8) is 0 Å². The zero-order valence-corrected chi connectivity index (χ0v) is 9.48. The van der Waals surface area contributed by atoms with Gasteiger partial charge >= 0.3 is 11.9 Å². The maximum absolute atomic E-state index is 13.3. The third kappa shape index (κ3) is 2.72. The maximum atomic E-state index is 13.3. The summed E-state index contributed by atoms with van der Waals surface area (Å²) in [5.74, 6) is -15.0. The summed E-state index contributed by atoms with van der Waals surface area (Å²) in [6.07, 6.45) is 0. The van der Waals surface area contributed by atoms with Crippen LogP contribution in [-0.4, -0.2) is 24.3 Å². The summed E-state index contributed by atoms with van der Waals surface area (Å²) in [7, 11) is 0. The molecule has 0 spiro atoms. The Kier molecular flexibility index (Phi) is 4.23. The second-order valence-corrected chi connectivity index (χ2v) is 3.35. The first kappa shape index (κ1) is 15.1. The number of hydrogen-bond donors (Lipinski definition) is 0. The van der Waals surface area contributed by atoms with Gasteiger partial charge in [0.05, 0.1) is 12.2 Å². The fourth-order valence-electron chi connectivity index (χ4n) is 1.18. The van der Waals surface area contributed by atoms with Crippen LogP contribution in [0.25, 0.3) is 0 Å². The maximum Gasteiger partial charge on any atom is 0.404 e. The molecular formula is C11H7F5O3. The zero-order chi connectivity index (χ0) is 14.8. The zero-order valence-electron chi connectivity index (χ0n) is 9.48. The fraction of sp³-hybridized carbons (Fsp3) is 0.273. The molecule has 0 aliphatic heterocycles. The molecule has 104 valence electrons. The Labute approximate surface area is 104 Å². The number of hydrogen-bond acceptors (Lipinski definition) is 3. The monoisotopic (exact) mass is 282 g/mol. The topological polar surface area (TPSA) is 43.4 Å². The summed E-state index contributed by atoms with van der Waals surface area (Å²) < 4.78 is 69.1. The highest BCUT2D eigenvalue weighted by Crippen LogP contribution is 2.25. The highest BCUT2D eigenvalue weighted by Gasteiger charge is 2.50. The Morgan fingerprint density at radius 3 is 2.26 bits per heavy atom. The minimum absolute atomic E-state index is 0.298. The minimum Gasteiger partial charge on any atom is -0.461 e. The van der Waals surface area contributed by atoms with Crippen molar-refractivity contribution >= 4 is 11.8 Å². The number of rotatable bonds is 4. The number of carbonyl (C=O) groups excluding carboxylic acids is 2. The Morgan fingerprint density at radius 2 is 1.74 bits per heavy atom. The average molecular weight is 282 g/mol. The molecule has 8 heteroatoms. The van der Waals surface area contributed by atoms with Crippen LogP contribution in [0, 0.1) is 17.5 Å². The summed E-state index contributed by atoms with van der Waals surface area (Å²) in [4.78, 5) is 22.1. The van der Waals surface area contributed by atoms with Crippen LogP contribution in [0.4, 0.5) is 22.0 Å². The van der Waals surface area contributed by atoms with Gasteiger partial charge in [0, 0.05) is 0 Å². The van der Waals surface area contributed by atoms with Crippen molar-refractivity contribution < 1.29 is 36.3 Å². The van der Waals surface area contributed by atoms with Crippen molar-refractivity contribution in [1.29, 1.82) is 0 Å². The van der Waals surface area contributed by atoms with E-state index in [0.717, 1.165) is 0 Å². The van der Waals surface area contributed by atoms with Crippen molar-refractivity contribution in [2.24, 2.45) is 0 Å². The molecule has 0 aliphatic rings. The molecule has 0 fully saturated rings. The Bertz CT molecular complexity index is 527. The number of Topliss-reactive ketones (excluding diaryl/α,β-unsaturated/α-hetero) is 1. The summed E-state index contributed by atoms with van der Waals surface area (Å²) in [6, 6.07) is 0.621. The first-order valence-corrected chi connectivity index (χ1v) is 4.96. The summed E-state index contributed by atoms with van der Waals surface area (Å²) >= 11 is 0. The third-order valence-electron chi connectivity index (χ3n) is 2.10. The molecule has 0 saturated heterocycles. The van der Waals surface area contributed by atoms with E-state index < -0.39 is 47.3 Å². The molecule has 0 heterocycles. The molecule has 0 atom stereocenters. The lowest BCUT2D eigenvalue weighted by atomic mass is 10.0. The van der Waals surface area contributed by atoms with Gasteiger partial charge in [-0.15, -0.1) is 0 Å². The molecule has 1 aromatic rings. The molecular weight excluding hydrogens is 275 g/mol. The SMILES string of the molecule is CCOC(=O)C(F)(F)C(=O)c1ccc(F)c(F)c1F. The molecule has 3 nitrogen and oxygen atoms in total. The standard InChI is InChI=1S/C11H7F5O3/c1-2-19-10(18)11(15,16)9(17)5-3-4-6(12)8(14)7(5)13/h3-4H,2H2,1H3. The predicted molar refractivity (Wildman–Crippen MR) is 52.2 cm³/mol. The van der Waals surface area contributed by atoms with Gasteiger partial charge in [0.15, 0.2) is 17.5 Å². The van der Waals surface area contributed by atoms with Gasteiger partial charge in [-0.25, -0.2) is 18.0 Å². The van der Waals surface area contributed by atoms with Crippen molar-refractivity contribution in [3.8, 4) is 0 Å². The van der Waals surface area contributed by atoms with Crippen molar-refractivity contribution in [2.75, 3.05) is 6.61 Å². The molecule has 0 amide bonds. The molecule has 1 aromatic carbocycles. The van der Waals surface area contributed by atoms with Gasteiger partial charge in [0.1, 0.15) is 0 Å². The fourth-order valence-corrected chi connectivity index (χ4v) is 1.18. The second-order valence-electron chi connectivity index (χ2n) is 3.35. The van der Waals surface area contributed by atoms with Crippen LogP contribution in [0.3, 0.4) is 0 Å². The van der Waals surface area contributed by atoms with Gasteiger partial charge in [-0.05, 0) is 19.1 Å². The first-order valence-electron chi connectivity index (χ1n) is 4.96. The minimum atomic E-state index is -4.68. The lowest BCUT2D eigenvalue weighted by Gasteiger charge is -2.13. The molecule has 19 heavy (non-hydrogen) atoms. The van der Waals surface area contributed by atoms with E-state index in [4.69, 9.17) is 0 Å². The quantitative estimate of drug-likeness (QED) is 0.280. The van der Waals surface area contributed by atoms with E-state index in [1.165, 1.54) is 6.92 Å². The smallest absolute Gasteiger partial charge is 0.404 e. The van der Waals surface area contributed by atoms with E-state index in [1.54, 1.807) is 0 Å². The van der Waals surface area contributed by atoms with Gasteiger partial charge in [-0.2, -0.15) is 8.78 Å². The molecule has 0 aromatic heterocycles. The van der Waals surface area contributed by atoms with E-state index in [1.807, 2.05) is 0 Å². The number of benzene rings is 1. The van der Waals surface area contributed by atoms with Gasteiger partial charge in [-0.3, -0.25) is 4.79 Å². The Balaban J connectivity index is 3.21. The van der Waals surface area contributed by atoms with Gasteiger partial charge in [0.25, 0.3) is 0 Å². The lowest BCUT2D eigenvalue weighted by molar-refractivity contribution is -0.164. The van der Waals surface area contributed by atoms with Crippen molar-refractivity contribution in [2.45, 2.75) is 12.8 Å². The highest BCUT2D eigenvalue weighted by atomic mass is 19.3. The Hall–Kier alpha value is -1.99. The molecule has 1 rings (SSSR count). The number of carbonyl (C=O) groups is 2. The van der Waals surface area contributed by atoms with E-state index in [9.17, 15) is 31.5 Å². The van der Waals surface area contributed by atoms with Gasteiger partial charge < -0.3 is 4.74 Å². The molecule has 0 saturated carbocycles. The second kappa shape index (κ2) is 5.33. The molecule has 0 unspecified atom stereocenters. The van der Waals surface area contributed by atoms with Crippen LogP contribution in [0.15, 0.2) is 12.1 Å². The highest BCUT2D eigenvalue weighted by molar-refractivity contribution is 6.13. The van der Waals surface area contributed by atoms with E-state index in [2.05, 4.69) is 4.74 Å². The largest absolute Gasteiger partial charge is 0.461 e. The molecule has 0 radical (unpaired) electrons. The number of ketones is 1. The number of halogens is 5. The van der Waals surface area contributed by atoms with Crippen LogP contribution in [-0.2, 0) is 9.53 Å². The van der Waals surface area contributed by atoms with E-state index in [-0.39, 0.29) is 0 Å². The normalized spacial score (nSPS) is 11.3. The van der Waals surface area contributed by atoms with Gasteiger partial charge in [-0.1, -0.05) is 0 Å². The number of ether oxygens (including phenoxy) is 1. The van der Waals surface area contributed by atoms with Crippen LogP contribution in [0.1, 0.15) is 17.3 Å². The lowest BCUT2D eigenvalue weighted by Crippen LogP contribution is -2.40. The van der Waals surface area contributed by atoms with Gasteiger partial charge in [0.2, 0.25) is 5.78 Å². The molecule has 0 bridgehead atoms. The predicted octanol–water partition coefficient (Wildman–Crippen LogP) is 2.49. The van der Waals surface area contributed by atoms with Crippen LogP contribution in [0.2, 0.25) is 0 Å². The third-order valence-corrected chi connectivity index (χ3v) is 2.10. The van der Waals surface area contributed by atoms with Crippen molar-refractivity contribution in [3.05, 3.63) is 35.1 Å².